The van der Waals surface area contributed by atoms with E-state index in [0.717, 1.165) is 22.0 Å². The lowest BCUT2D eigenvalue weighted by molar-refractivity contribution is 0.988. The zero-order valence-corrected chi connectivity index (χ0v) is 17.5. The minimum atomic E-state index is 0.652. The van der Waals surface area contributed by atoms with Gasteiger partial charge in [-0.15, -0.1) is 11.3 Å². The first-order valence-corrected chi connectivity index (χ1v) is 11.0. The highest BCUT2D eigenvalue weighted by Gasteiger charge is 2.19. The molecule has 0 atom stereocenters. The number of nitrogens with zero attached hydrogens (tertiary/aromatic N) is 6. The minimum absolute atomic E-state index is 0.652. The zero-order chi connectivity index (χ0) is 21.1. The lowest BCUT2D eigenvalue weighted by atomic mass is 10.0. The fraction of sp³-hybridized carbons (Fsp3) is 0. The van der Waals surface area contributed by atoms with Crippen LogP contribution in [-0.2, 0) is 0 Å². The third-order valence-corrected chi connectivity index (χ3v) is 6.91. The third kappa shape index (κ3) is 2.42. The van der Waals surface area contributed by atoms with Crippen molar-refractivity contribution < 1.29 is 0 Å². The number of hydrogen-bond acceptors (Lipinski definition) is 6. The molecule has 0 amide bonds. The Labute approximate surface area is 185 Å². The maximum Gasteiger partial charge on any atom is 0.234 e. The Bertz CT molecular complexity index is 1770. The molecule has 0 bridgehead atoms. The highest BCUT2D eigenvalue weighted by Crippen LogP contribution is 2.43. The smallest absolute Gasteiger partial charge is 0.234 e. The molecule has 0 spiro atoms. The van der Waals surface area contributed by atoms with Crippen LogP contribution in [0.25, 0.3) is 59.3 Å². The standard InChI is InChI=1S/C25H14N6S/c1-2-5-20-16(4-1)23-21(32-20)9-8-19-22(23)17-12-15(24-29-13-26-14-30-24)6-7-18(17)31(19)25-27-10-3-11-28-25/h1-14H. The van der Waals surface area contributed by atoms with Crippen molar-refractivity contribution in [3.63, 3.8) is 0 Å². The molecule has 0 saturated carbocycles. The zero-order valence-electron chi connectivity index (χ0n) is 16.7. The molecule has 0 aliphatic carbocycles. The van der Waals surface area contributed by atoms with Gasteiger partial charge in [0, 0.05) is 48.9 Å². The maximum atomic E-state index is 4.55. The number of aromatic nitrogens is 6. The molecule has 0 aliphatic heterocycles. The number of benzene rings is 3. The van der Waals surface area contributed by atoms with Crippen LogP contribution in [0.4, 0.5) is 0 Å². The van der Waals surface area contributed by atoms with Crippen LogP contribution < -0.4 is 0 Å². The topological polar surface area (TPSA) is 69.4 Å². The number of fused-ring (bicyclic) bond motifs is 7. The van der Waals surface area contributed by atoms with E-state index in [1.165, 1.54) is 38.2 Å². The number of thiophene rings is 1. The SMILES string of the molecule is c1cnc(-n2c3ccc(-c4ncncn4)cc3c3c4c(ccc32)sc2ccccc24)nc1. The van der Waals surface area contributed by atoms with Crippen molar-refractivity contribution in [3.05, 3.63) is 85.7 Å². The van der Waals surface area contributed by atoms with Crippen molar-refractivity contribution in [1.29, 1.82) is 0 Å². The van der Waals surface area contributed by atoms with Crippen molar-refractivity contribution in [1.82, 2.24) is 29.5 Å². The molecule has 0 radical (unpaired) electrons. The molecule has 4 aromatic heterocycles. The Morgan fingerprint density at radius 1 is 0.656 bits per heavy atom. The van der Waals surface area contributed by atoms with Crippen LogP contribution in [0.1, 0.15) is 0 Å². The van der Waals surface area contributed by atoms with E-state index in [4.69, 9.17) is 0 Å². The molecule has 3 aromatic carbocycles. The van der Waals surface area contributed by atoms with Crippen LogP contribution in [0.5, 0.6) is 0 Å². The quantitative estimate of drug-likeness (QED) is 0.347. The Kier molecular flexibility index (Phi) is 3.62. The highest BCUT2D eigenvalue weighted by atomic mass is 32.1. The first-order valence-electron chi connectivity index (χ1n) is 10.2. The van der Waals surface area contributed by atoms with E-state index in [0.29, 0.717) is 11.8 Å². The Morgan fingerprint density at radius 3 is 2.34 bits per heavy atom. The van der Waals surface area contributed by atoms with E-state index in [9.17, 15) is 0 Å². The van der Waals surface area contributed by atoms with Gasteiger partial charge in [-0.05, 0) is 42.5 Å². The second-order valence-corrected chi connectivity index (χ2v) is 8.59. The molecule has 0 aliphatic rings. The van der Waals surface area contributed by atoms with Crippen molar-refractivity contribution in [2.24, 2.45) is 0 Å². The molecular weight excluding hydrogens is 416 g/mol. The van der Waals surface area contributed by atoms with E-state index in [2.05, 4.69) is 78.0 Å². The number of rotatable bonds is 2. The summed E-state index contributed by atoms with van der Waals surface area (Å²) in [6, 6.07) is 21.1. The van der Waals surface area contributed by atoms with Gasteiger partial charge in [-0.3, -0.25) is 4.57 Å². The molecule has 7 rings (SSSR count). The molecule has 6 nitrogen and oxygen atoms in total. The van der Waals surface area contributed by atoms with Crippen LogP contribution in [0.2, 0.25) is 0 Å². The van der Waals surface area contributed by atoms with Gasteiger partial charge in [0.25, 0.3) is 0 Å². The van der Waals surface area contributed by atoms with E-state index < -0.39 is 0 Å². The summed E-state index contributed by atoms with van der Waals surface area (Å²) < 4.78 is 4.67. The normalized spacial score (nSPS) is 11.8. The fourth-order valence-corrected chi connectivity index (χ4v) is 5.59. The van der Waals surface area contributed by atoms with Gasteiger partial charge < -0.3 is 0 Å². The first-order chi connectivity index (χ1) is 15.9. The van der Waals surface area contributed by atoms with Gasteiger partial charge in [0.2, 0.25) is 5.95 Å². The van der Waals surface area contributed by atoms with Gasteiger partial charge >= 0.3 is 0 Å². The van der Waals surface area contributed by atoms with Gasteiger partial charge in [-0.25, -0.2) is 24.9 Å². The second-order valence-electron chi connectivity index (χ2n) is 7.51. The molecule has 32 heavy (non-hydrogen) atoms. The monoisotopic (exact) mass is 430 g/mol. The molecule has 0 N–H and O–H groups in total. The molecule has 150 valence electrons. The summed E-state index contributed by atoms with van der Waals surface area (Å²) in [5.74, 6) is 1.31. The summed E-state index contributed by atoms with van der Waals surface area (Å²) in [6.45, 7) is 0. The van der Waals surface area contributed by atoms with Gasteiger partial charge in [-0.1, -0.05) is 18.2 Å². The van der Waals surface area contributed by atoms with Gasteiger partial charge in [0.05, 0.1) is 11.0 Å². The first kappa shape index (κ1) is 17.5. The molecule has 0 fully saturated rings. The predicted molar refractivity (Wildman–Crippen MR) is 128 cm³/mol. The molecular formula is C25H14N6S. The Hall–Kier alpha value is -4.23. The summed E-state index contributed by atoms with van der Waals surface area (Å²) in [4.78, 5) is 21.8. The van der Waals surface area contributed by atoms with Gasteiger partial charge in [0.15, 0.2) is 5.82 Å². The van der Waals surface area contributed by atoms with Gasteiger partial charge in [0.1, 0.15) is 12.7 Å². The lowest BCUT2D eigenvalue weighted by Gasteiger charge is -2.05. The molecule has 0 saturated heterocycles. The molecule has 7 heteroatoms. The maximum absolute atomic E-state index is 4.55. The van der Waals surface area contributed by atoms with E-state index >= 15 is 0 Å². The van der Waals surface area contributed by atoms with Crippen molar-refractivity contribution in [2.75, 3.05) is 0 Å². The minimum Gasteiger partial charge on any atom is -0.278 e. The third-order valence-electron chi connectivity index (χ3n) is 5.77. The summed E-state index contributed by atoms with van der Waals surface area (Å²) in [6.07, 6.45) is 6.60. The lowest BCUT2D eigenvalue weighted by Crippen LogP contribution is -1.99. The summed E-state index contributed by atoms with van der Waals surface area (Å²) >= 11 is 1.82. The number of hydrogen-bond donors (Lipinski definition) is 0. The summed E-state index contributed by atoms with van der Waals surface area (Å²) in [7, 11) is 0. The van der Waals surface area contributed by atoms with Crippen LogP contribution in [0, 0.1) is 0 Å². The molecule has 7 aromatic rings. The highest BCUT2D eigenvalue weighted by molar-refractivity contribution is 7.26. The Balaban J connectivity index is 1.70. The van der Waals surface area contributed by atoms with Crippen molar-refractivity contribution in [3.8, 4) is 17.3 Å². The predicted octanol–water partition coefficient (Wildman–Crippen LogP) is 5.79. The molecule has 0 unspecified atom stereocenters. The van der Waals surface area contributed by atoms with Gasteiger partial charge in [-0.2, -0.15) is 0 Å². The van der Waals surface area contributed by atoms with E-state index in [-0.39, 0.29) is 0 Å². The fourth-order valence-electron chi connectivity index (χ4n) is 4.48. The second kappa shape index (κ2) is 6.63. The largest absolute Gasteiger partial charge is 0.278 e. The van der Waals surface area contributed by atoms with Crippen molar-refractivity contribution in [2.45, 2.75) is 0 Å². The Morgan fingerprint density at radius 2 is 1.47 bits per heavy atom. The van der Waals surface area contributed by atoms with Crippen LogP contribution >= 0.6 is 11.3 Å². The average molecular weight is 430 g/mol. The average Bonchev–Trinajstić information content (AvgIpc) is 3.40. The van der Waals surface area contributed by atoms with Crippen molar-refractivity contribution >= 4 is 53.3 Å². The van der Waals surface area contributed by atoms with Crippen LogP contribution in [-0.4, -0.2) is 29.5 Å². The summed E-state index contributed by atoms with van der Waals surface area (Å²) in [5.41, 5.74) is 3.08. The summed E-state index contributed by atoms with van der Waals surface area (Å²) in [5, 5.41) is 4.84. The van der Waals surface area contributed by atoms with Crippen LogP contribution in [0.3, 0.4) is 0 Å². The molecule has 4 heterocycles. The van der Waals surface area contributed by atoms with Crippen LogP contribution in [0.15, 0.2) is 85.7 Å². The van der Waals surface area contributed by atoms with E-state index in [1.54, 1.807) is 12.4 Å². The van der Waals surface area contributed by atoms with E-state index in [1.807, 2.05) is 23.5 Å².